The number of carbonyl (C=O) groups is 3. The monoisotopic (exact) mass is 412 g/mol. The fourth-order valence-corrected chi connectivity index (χ4v) is 3.38. The quantitative estimate of drug-likeness (QED) is 0.742. The molecule has 0 spiro atoms. The van der Waals surface area contributed by atoms with Gasteiger partial charge in [0.15, 0.2) is 0 Å². The van der Waals surface area contributed by atoms with Crippen molar-refractivity contribution in [2.75, 3.05) is 32.8 Å². The van der Waals surface area contributed by atoms with Crippen LogP contribution in [0.3, 0.4) is 0 Å². The van der Waals surface area contributed by atoms with Crippen LogP contribution in [0.5, 0.6) is 5.75 Å². The highest BCUT2D eigenvalue weighted by Crippen LogP contribution is 2.20. The van der Waals surface area contributed by atoms with E-state index < -0.39 is 0 Å². The number of nitrogens with zero attached hydrogens (tertiary/aromatic N) is 2. The van der Waals surface area contributed by atoms with Crippen molar-refractivity contribution in [3.8, 4) is 5.75 Å². The van der Waals surface area contributed by atoms with E-state index in [0.29, 0.717) is 56.0 Å². The van der Waals surface area contributed by atoms with Gasteiger partial charge in [-0.3, -0.25) is 14.4 Å². The summed E-state index contributed by atoms with van der Waals surface area (Å²) in [5, 5.41) is 5.70. The second-order valence-corrected chi connectivity index (χ2v) is 7.35. The molecule has 160 valence electrons. The van der Waals surface area contributed by atoms with Gasteiger partial charge >= 0.3 is 0 Å². The summed E-state index contributed by atoms with van der Waals surface area (Å²) >= 11 is 0. The summed E-state index contributed by atoms with van der Waals surface area (Å²) in [7, 11) is 1.81. The Morgan fingerprint density at radius 2 is 1.93 bits per heavy atom. The van der Waals surface area contributed by atoms with E-state index in [-0.39, 0.29) is 24.3 Å². The van der Waals surface area contributed by atoms with Gasteiger partial charge in [-0.2, -0.15) is 0 Å². The summed E-state index contributed by atoms with van der Waals surface area (Å²) in [4.78, 5) is 39.5. The summed E-state index contributed by atoms with van der Waals surface area (Å²) in [6, 6.07) is 8.98. The molecule has 1 aromatic heterocycles. The second-order valence-electron chi connectivity index (χ2n) is 7.35. The van der Waals surface area contributed by atoms with E-state index in [9.17, 15) is 14.4 Å². The maximum Gasteiger partial charge on any atom is 0.270 e. The number of rotatable bonds is 1. The molecule has 0 atom stereocenters. The number of nitrogens with one attached hydrogen (secondary N) is 2. The lowest BCUT2D eigenvalue weighted by Crippen LogP contribution is -2.40. The van der Waals surface area contributed by atoms with E-state index in [2.05, 4.69) is 10.6 Å². The Labute approximate surface area is 176 Å². The molecule has 1 aromatic carbocycles. The van der Waals surface area contributed by atoms with Gasteiger partial charge in [0, 0.05) is 39.3 Å². The van der Waals surface area contributed by atoms with Crippen LogP contribution in [0.2, 0.25) is 0 Å². The van der Waals surface area contributed by atoms with Crippen LogP contribution >= 0.6 is 0 Å². The predicted molar refractivity (Wildman–Crippen MR) is 113 cm³/mol. The first-order valence-electron chi connectivity index (χ1n) is 10.1. The highest BCUT2D eigenvalue weighted by Gasteiger charge is 2.19. The molecule has 2 aromatic rings. The van der Waals surface area contributed by atoms with E-state index >= 15 is 0 Å². The first-order valence-corrected chi connectivity index (χ1v) is 10.1. The van der Waals surface area contributed by atoms with E-state index in [4.69, 9.17) is 4.74 Å². The molecule has 2 N–H and O–H groups in total. The molecule has 0 saturated heterocycles. The number of carbonyl (C=O) groups excluding carboxylic acids is 3. The molecule has 0 fully saturated rings. The van der Waals surface area contributed by atoms with Crippen molar-refractivity contribution in [2.45, 2.75) is 19.8 Å². The SMILES string of the molecule is Cc1ccc2c(c1)C(=O)NCCN(C(=O)c1cccn1C)CCCC(=O)NCCO2. The standard InChI is InChI=1S/C22H28N4O4/c1-16-7-8-19-17(15-16)21(28)24-9-13-26(22(29)18-5-3-11-25(18)2)12-4-6-20(27)23-10-14-30-19/h3,5,7-8,11,15H,4,6,9-10,12-14H2,1-2H3,(H,23,27)(H,24,28). The predicted octanol–water partition coefficient (Wildman–Crippen LogP) is 1.49. The lowest BCUT2D eigenvalue weighted by atomic mass is 10.1. The maximum atomic E-state index is 13.0. The van der Waals surface area contributed by atoms with E-state index in [1.54, 1.807) is 27.7 Å². The minimum Gasteiger partial charge on any atom is -0.491 e. The molecule has 3 amide bonds. The largest absolute Gasteiger partial charge is 0.491 e. The molecule has 0 radical (unpaired) electrons. The average molecular weight is 412 g/mol. The molecule has 8 nitrogen and oxygen atoms in total. The summed E-state index contributed by atoms with van der Waals surface area (Å²) in [5.41, 5.74) is 1.95. The number of ether oxygens (including phenoxy) is 1. The molecule has 0 unspecified atom stereocenters. The average Bonchev–Trinajstić information content (AvgIpc) is 3.15. The Bertz CT molecular complexity index is 922. The summed E-state index contributed by atoms with van der Waals surface area (Å²) in [6.07, 6.45) is 2.67. The fourth-order valence-electron chi connectivity index (χ4n) is 3.38. The molecule has 2 heterocycles. The molecule has 1 aliphatic heterocycles. The van der Waals surface area contributed by atoms with Crippen LogP contribution in [0.1, 0.15) is 39.3 Å². The van der Waals surface area contributed by atoms with Gasteiger partial charge in [-0.25, -0.2) is 0 Å². The summed E-state index contributed by atoms with van der Waals surface area (Å²) < 4.78 is 7.48. The number of aryl methyl sites for hydroxylation is 2. The van der Waals surface area contributed by atoms with Crippen LogP contribution in [0.25, 0.3) is 0 Å². The molecule has 0 aliphatic carbocycles. The Balaban J connectivity index is 1.77. The van der Waals surface area contributed by atoms with Crippen LogP contribution in [0.4, 0.5) is 0 Å². The highest BCUT2D eigenvalue weighted by atomic mass is 16.5. The van der Waals surface area contributed by atoms with Crippen molar-refractivity contribution in [1.29, 1.82) is 0 Å². The van der Waals surface area contributed by atoms with Crippen molar-refractivity contribution < 1.29 is 19.1 Å². The van der Waals surface area contributed by atoms with Crippen LogP contribution < -0.4 is 15.4 Å². The Kier molecular flexibility index (Phi) is 7.11. The molecule has 8 heteroatoms. The molecule has 0 bridgehead atoms. The third kappa shape index (κ3) is 5.40. The van der Waals surface area contributed by atoms with Crippen molar-refractivity contribution >= 4 is 17.7 Å². The normalized spacial score (nSPS) is 16.4. The number of aromatic nitrogens is 1. The molecule has 0 saturated carbocycles. The van der Waals surface area contributed by atoms with Crippen LogP contribution in [-0.2, 0) is 11.8 Å². The van der Waals surface area contributed by atoms with Gasteiger partial charge < -0.3 is 24.8 Å². The molecular formula is C22H28N4O4. The van der Waals surface area contributed by atoms with E-state index in [0.717, 1.165) is 5.56 Å². The van der Waals surface area contributed by atoms with Crippen molar-refractivity contribution in [2.24, 2.45) is 7.05 Å². The van der Waals surface area contributed by atoms with Crippen molar-refractivity contribution in [3.05, 3.63) is 53.3 Å². The van der Waals surface area contributed by atoms with E-state index in [1.165, 1.54) is 0 Å². The van der Waals surface area contributed by atoms with Crippen LogP contribution in [0.15, 0.2) is 36.5 Å². The zero-order valence-corrected chi connectivity index (χ0v) is 17.4. The first kappa shape index (κ1) is 21.4. The van der Waals surface area contributed by atoms with Crippen molar-refractivity contribution in [3.63, 3.8) is 0 Å². The molecule has 1 aliphatic rings. The molecular weight excluding hydrogens is 384 g/mol. The second kappa shape index (κ2) is 9.96. The third-order valence-electron chi connectivity index (χ3n) is 5.01. The fraction of sp³-hybridized carbons (Fsp3) is 0.409. The number of fused-ring (bicyclic) bond motifs is 1. The van der Waals surface area contributed by atoms with Crippen LogP contribution in [0, 0.1) is 6.92 Å². The Morgan fingerprint density at radius 3 is 2.70 bits per heavy atom. The number of benzene rings is 1. The number of hydrogen-bond donors (Lipinski definition) is 2. The lowest BCUT2D eigenvalue weighted by Gasteiger charge is -2.23. The minimum atomic E-state index is -0.251. The topological polar surface area (TPSA) is 92.7 Å². The number of amides is 3. The number of hydrogen-bond acceptors (Lipinski definition) is 4. The van der Waals surface area contributed by atoms with Gasteiger partial charge in [0.05, 0.1) is 12.1 Å². The Hall–Kier alpha value is -3.29. The minimum absolute atomic E-state index is 0.0851. The molecule has 30 heavy (non-hydrogen) atoms. The zero-order valence-electron chi connectivity index (χ0n) is 17.4. The van der Waals surface area contributed by atoms with Gasteiger partial charge in [-0.1, -0.05) is 11.6 Å². The molecule has 3 rings (SSSR count). The third-order valence-corrected chi connectivity index (χ3v) is 5.01. The van der Waals surface area contributed by atoms with Crippen molar-refractivity contribution in [1.82, 2.24) is 20.1 Å². The van der Waals surface area contributed by atoms with Gasteiger partial charge in [-0.15, -0.1) is 0 Å². The summed E-state index contributed by atoms with van der Waals surface area (Å²) in [5.74, 6) is 0.0111. The van der Waals surface area contributed by atoms with E-state index in [1.807, 2.05) is 32.3 Å². The summed E-state index contributed by atoms with van der Waals surface area (Å²) in [6.45, 7) is 3.60. The van der Waals surface area contributed by atoms with Gasteiger partial charge in [0.1, 0.15) is 18.1 Å². The van der Waals surface area contributed by atoms with Crippen LogP contribution in [-0.4, -0.2) is 60.0 Å². The Morgan fingerprint density at radius 1 is 1.10 bits per heavy atom. The first-order chi connectivity index (χ1) is 14.5. The van der Waals surface area contributed by atoms with Gasteiger partial charge in [-0.05, 0) is 37.6 Å². The van der Waals surface area contributed by atoms with Gasteiger partial charge in [0.2, 0.25) is 5.91 Å². The maximum absolute atomic E-state index is 13.0. The zero-order chi connectivity index (χ0) is 21.5. The lowest BCUT2D eigenvalue weighted by molar-refractivity contribution is -0.121. The highest BCUT2D eigenvalue weighted by molar-refractivity contribution is 5.97. The van der Waals surface area contributed by atoms with Gasteiger partial charge in [0.25, 0.3) is 11.8 Å². The smallest absolute Gasteiger partial charge is 0.270 e.